The lowest BCUT2D eigenvalue weighted by atomic mass is 10.1. The van der Waals surface area contributed by atoms with Crippen LogP contribution in [-0.4, -0.2) is 67.3 Å². The lowest BCUT2D eigenvalue weighted by Crippen LogP contribution is -2.50. The van der Waals surface area contributed by atoms with Gasteiger partial charge in [-0.3, -0.25) is 9.78 Å². The second-order valence-electron chi connectivity index (χ2n) is 7.08. The number of hydrogen-bond donors (Lipinski definition) is 2. The molecule has 3 rings (SSSR count). The number of amides is 3. The average Bonchev–Trinajstić information content (AvgIpc) is 3.19. The molecule has 2 N–H and O–H groups in total. The quantitative estimate of drug-likeness (QED) is 0.611. The van der Waals surface area contributed by atoms with Crippen LogP contribution in [0.3, 0.4) is 0 Å². The first-order chi connectivity index (χ1) is 14.7. The zero-order chi connectivity index (χ0) is 21.2. The Morgan fingerprint density at radius 3 is 2.70 bits per heavy atom. The van der Waals surface area contributed by atoms with E-state index in [1.807, 2.05) is 36.4 Å². The first-order valence-electron chi connectivity index (χ1n) is 10.1. The molecule has 0 radical (unpaired) electrons. The molecule has 160 valence electrons. The van der Waals surface area contributed by atoms with Crippen LogP contribution in [0.15, 0.2) is 54.9 Å². The SMILES string of the molecule is COCCNC(=O)[C@H]1C[C@H](Oc2cccnc2)CN1C(=O)NCCc1ccccc1. The molecule has 0 unspecified atom stereocenters. The van der Waals surface area contributed by atoms with Gasteiger partial charge in [0.2, 0.25) is 5.91 Å². The van der Waals surface area contributed by atoms with E-state index in [1.165, 1.54) is 0 Å². The van der Waals surface area contributed by atoms with E-state index in [9.17, 15) is 9.59 Å². The minimum Gasteiger partial charge on any atom is -0.487 e. The number of likely N-dealkylation sites (tertiary alicyclic amines) is 1. The third-order valence-corrected chi connectivity index (χ3v) is 4.90. The van der Waals surface area contributed by atoms with Crippen molar-refractivity contribution in [3.05, 3.63) is 60.4 Å². The molecule has 0 saturated carbocycles. The summed E-state index contributed by atoms with van der Waals surface area (Å²) in [6.45, 7) is 1.63. The van der Waals surface area contributed by atoms with Crippen LogP contribution in [0.25, 0.3) is 0 Å². The van der Waals surface area contributed by atoms with E-state index in [2.05, 4.69) is 15.6 Å². The Morgan fingerprint density at radius 2 is 1.97 bits per heavy atom. The van der Waals surface area contributed by atoms with Crippen LogP contribution in [0.5, 0.6) is 5.75 Å². The smallest absolute Gasteiger partial charge is 0.318 e. The molecule has 0 bridgehead atoms. The largest absolute Gasteiger partial charge is 0.487 e. The van der Waals surface area contributed by atoms with Crippen molar-refractivity contribution in [2.45, 2.75) is 25.0 Å². The van der Waals surface area contributed by atoms with Crippen LogP contribution in [-0.2, 0) is 16.0 Å². The first-order valence-corrected chi connectivity index (χ1v) is 10.1. The van der Waals surface area contributed by atoms with Crippen LogP contribution in [0, 0.1) is 0 Å². The highest BCUT2D eigenvalue weighted by atomic mass is 16.5. The second kappa shape index (κ2) is 11.2. The van der Waals surface area contributed by atoms with E-state index in [0.29, 0.717) is 38.4 Å². The molecule has 1 aromatic heterocycles. The predicted octanol–water partition coefficient (Wildman–Crippen LogP) is 1.62. The number of methoxy groups -OCH3 is 1. The summed E-state index contributed by atoms with van der Waals surface area (Å²) in [4.78, 5) is 31.1. The molecule has 1 saturated heterocycles. The van der Waals surface area contributed by atoms with Gasteiger partial charge in [-0.25, -0.2) is 4.79 Å². The molecular formula is C22H28N4O4. The molecule has 30 heavy (non-hydrogen) atoms. The van der Waals surface area contributed by atoms with Gasteiger partial charge >= 0.3 is 6.03 Å². The Hall–Kier alpha value is -3.13. The Kier molecular flexibility index (Phi) is 8.02. The maximum atomic E-state index is 12.8. The Bertz CT molecular complexity index is 803. The molecule has 1 fully saturated rings. The summed E-state index contributed by atoms with van der Waals surface area (Å²) in [5.41, 5.74) is 1.14. The third kappa shape index (κ3) is 6.18. The number of urea groups is 1. The van der Waals surface area contributed by atoms with Crippen LogP contribution < -0.4 is 15.4 Å². The van der Waals surface area contributed by atoms with Gasteiger partial charge in [0.1, 0.15) is 17.9 Å². The van der Waals surface area contributed by atoms with Crippen LogP contribution in [0.4, 0.5) is 4.79 Å². The summed E-state index contributed by atoms with van der Waals surface area (Å²) < 4.78 is 10.9. The van der Waals surface area contributed by atoms with Gasteiger partial charge in [-0.05, 0) is 24.1 Å². The number of rotatable bonds is 9. The van der Waals surface area contributed by atoms with Crippen molar-refractivity contribution in [1.29, 1.82) is 0 Å². The molecule has 1 aliphatic rings. The maximum Gasteiger partial charge on any atom is 0.318 e. The van der Waals surface area contributed by atoms with Gasteiger partial charge in [0.05, 0.1) is 19.3 Å². The van der Waals surface area contributed by atoms with Gasteiger partial charge < -0.3 is 25.0 Å². The van der Waals surface area contributed by atoms with Crippen molar-refractivity contribution >= 4 is 11.9 Å². The molecule has 8 heteroatoms. The van der Waals surface area contributed by atoms with Crippen molar-refractivity contribution in [3.63, 3.8) is 0 Å². The molecule has 0 aliphatic carbocycles. The van der Waals surface area contributed by atoms with Gasteiger partial charge in [0, 0.05) is 32.8 Å². The summed E-state index contributed by atoms with van der Waals surface area (Å²) in [6, 6.07) is 12.7. The van der Waals surface area contributed by atoms with E-state index in [4.69, 9.17) is 9.47 Å². The van der Waals surface area contributed by atoms with Crippen molar-refractivity contribution < 1.29 is 19.1 Å². The molecule has 1 aliphatic heterocycles. The Balaban J connectivity index is 1.59. The second-order valence-corrected chi connectivity index (χ2v) is 7.08. The lowest BCUT2D eigenvalue weighted by Gasteiger charge is -2.24. The standard InChI is InChI=1S/C22H28N4O4/c1-29-13-12-24-21(27)20-14-19(30-18-8-5-10-23-15-18)16-26(20)22(28)25-11-9-17-6-3-2-4-7-17/h2-8,10,15,19-20H,9,11-14,16H2,1H3,(H,24,27)(H,25,28)/t19-,20+/m0/s1. The van der Waals surface area contributed by atoms with Crippen molar-refractivity contribution in [2.75, 3.05) is 33.4 Å². The topological polar surface area (TPSA) is 92.8 Å². The third-order valence-electron chi connectivity index (χ3n) is 4.90. The molecule has 1 aromatic carbocycles. The molecule has 0 spiro atoms. The number of carbonyl (C=O) groups is 2. The molecular weight excluding hydrogens is 384 g/mol. The number of benzene rings is 1. The Morgan fingerprint density at radius 1 is 1.13 bits per heavy atom. The molecule has 8 nitrogen and oxygen atoms in total. The van der Waals surface area contributed by atoms with E-state index >= 15 is 0 Å². The minimum absolute atomic E-state index is 0.206. The predicted molar refractivity (Wildman–Crippen MR) is 112 cm³/mol. The van der Waals surface area contributed by atoms with Crippen molar-refractivity contribution in [2.24, 2.45) is 0 Å². The molecule has 3 amide bonds. The fourth-order valence-electron chi connectivity index (χ4n) is 3.42. The van der Waals surface area contributed by atoms with Gasteiger partial charge in [-0.1, -0.05) is 30.3 Å². The molecule has 2 atom stereocenters. The molecule has 2 aromatic rings. The summed E-state index contributed by atoms with van der Waals surface area (Å²) >= 11 is 0. The number of hydrogen-bond acceptors (Lipinski definition) is 5. The van der Waals surface area contributed by atoms with Crippen LogP contribution in [0.2, 0.25) is 0 Å². The number of carbonyl (C=O) groups excluding carboxylic acids is 2. The number of nitrogens with zero attached hydrogens (tertiary/aromatic N) is 2. The van der Waals surface area contributed by atoms with Gasteiger partial charge in [0.15, 0.2) is 0 Å². The monoisotopic (exact) mass is 412 g/mol. The first kappa shape index (κ1) is 21.6. The van der Waals surface area contributed by atoms with E-state index in [0.717, 1.165) is 12.0 Å². The summed E-state index contributed by atoms with van der Waals surface area (Å²) in [6.07, 6.45) is 4.14. The summed E-state index contributed by atoms with van der Waals surface area (Å²) in [7, 11) is 1.58. The van der Waals surface area contributed by atoms with Gasteiger partial charge in [0.25, 0.3) is 0 Å². The highest BCUT2D eigenvalue weighted by Gasteiger charge is 2.40. The molecule has 2 heterocycles. The average molecular weight is 412 g/mol. The van der Waals surface area contributed by atoms with Crippen molar-refractivity contribution in [1.82, 2.24) is 20.5 Å². The van der Waals surface area contributed by atoms with Crippen molar-refractivity contribution in [3.8, 4) is 5.75 Å². The number of aromatic nitrogens is 1. The van der Waals surface area contributed by atoms with Gasteiger partial charge in [-0.15, -0.1) is 0 Å². The Labute approximate surface area is 176 Å². The zero-order valence-electron chi connectivity index (χ0n) is 17.1. The lowest BCUT2D eigenvalue weighted by molar-refractivity contribution is -0.124. The number of nitrogens with one attached hydrogen (secondary N) is 2. The normalized spacial score (nSPS) is 18.1. The van der Waals surface area contributed by atoms with E-state index in [-0.39, 0.29) is 18.0 Å². The minimum atomic E-state index is -0.597. The van der Waals surface area contributed by atoms with E-state index in [1.54, 1.807) is 30.5 Å². The fourth-order valence-corrected chi connectivity index (χ4v) is 3.42. The zero-order valence-corrected chi connectivity index (χ0v) is 17.1. The van der Waals surface area contributed by atoms with E-state index < -0.39 is 6.04 Å². The summed E-state index contributed by atoms with van der Waals surface area (Å²) in [5, 5.41) is 5.75. The highest BCUT2D eigenvalue weighted by molar-refractivity contribution is 5.87. The highest BCUT2D eigenvalue weighted by Crippen LogP contribution is 2.23. The number of ether oxygens (including phenoxy) is 2. The van der Waals surface area contributed by atoms with Crippen LogP contribution in [0.1, 0.15) is 12.0 Å². The maximum absolute atomic E-state index is 12.8. The number of pyridine rings is 1. The summed E-state index contributed by atoms with van der Waals surface area (Å²) in [5.74, 6) is 0.412. The van der Waals surface area contributed by atoms with Gasteiger partial charge in [-0.2, -0.15) is 0 Å². The fraction of sp³-hybridized carbons (Fsp3) is 0.409. The van der Waals surface area contributed by atoms with Crippen LogP contribution >= 0.6 is 0 Å².